The van der Waals surface area contributed by atoms with E-state index in [1.807, 2.05) is 19.9 Å². The van der Waals surface area contributed by atoms with Crippen molar-refractivity contribution in [2.24, 2.45) is 0 Å². The van der Waals surface area contributed by atoms with E-state index in [-0.39, 0.29) is 12.3 Å². The summed E-state index contributed by atoms with van der Waals surface area (Å²) in [7, 11) is 4.60. The highest BCUT2D eigenvalue weighted by atomic mass is 16.5. The molecule has 0 saturated heterocycles. The average Bonchev–Trinajstić information content (AvgIpc) is 3.02. The fourth-order valence-electron chi connectivity index (χ4n) is 3.00. The van der Waals surface area contributed by atoms with Crippen LogP contribution in [0.25, 0.3) is 11.0 Å². The summed E-state index contributed by atoms with van der Waals surface area (Å²) in [6.45, 7) is 4.08. The van der Waals surface area contributed by atoms with Gasteiger partial charge in [-0.3, -0.25) is 4.79 Å². The summed E-state index contributed by atoms with van der Waals surface area (Å²) in [5.41, 5.74) is 4.52. The van der Waals surface area contributed by atoms with Crippen molar-refractivity contribution >= 4 is 22.6 Å². The lowest BCUT2D eigenvalue weighted by atomic mass is 10.0. The van der Waals surface area contributed by atoms with Gasteiger partial charge in [0.25, 0.3) is 0 Å². The van der Waals surface area contributed by atoms with E-state index < -0.39 is 0 Å². The van der Waals surface area contributed by atoms with Crippen LogP contribution in [0.3, 0.4) is 0 Å². The number of amides is 1. The zero-order valence-corrected chi connectivity index (χ0v) is 16.1. The maximum atomic E-state index is 12.6. The fraction of sp³-hybridized carbons (Fsp3) is 0.286. The number of rotatable bonds is 6. The third-order valence-corrected chi connectivity index (χ3v) is 4.57. The Bertz CT molecular complexity index is 965. The summed E-state index contributed by atoms with van der Waals surface area (Å²) < 4.78 is 21.5. The molecule has 6 heteroatoms. The predicted octanol–water partition coefficient (Wildman–Crippen LogP) is 4.26. The Labute approximate surface area is 158 Å². The zero-order chi connectivity index (χ0) is 19.6. The Morgan fingerprint density at radius 2 is 1.59 bits per heavy atom. The van der Waals surface area contributed by atoms with Crippen LogP contribution in [0.15, 0.2) is 34.9 Å². The molecule has 0 saturated carbocycles. The van der Waals surface area contributed by atoms with Crippen LogP contribution in [0.4, 0.5) is 5.69 Å². The molecule has 0 aliphatic carbocycles. The lowest BCUT2D eigenvalue weighted by molar-refractivity contribution is -0.115. The highest BCUT2D eigenvalue weighted by molar-refractivity contribution is 5.96. The Morgan fingerprint density at radius 1 is 0.963 bits per heavy atom. The van der Waals surface area contributed by atoms with E-state index in [9.17, 15) is 4.79 Å². The van der Waals surface area contributed by atoms with E-state index in [2.05, 4.69) is 11.4 Å². The molecule has 0 bridgehead atoms. The number of methoxy groups -OCH3 is 3. The largest absolute Gasteiger partial charge is 0.493 e. The number of anilines is 1. The number of hydrogen-bond donors (Lipinski definition) is 1. The number of nitrogens with one attached hydrogen (secondary N) is 1. The maximum Gasteiger partial charge on any atom is 0.228 e. The van der Waals surface area contributed by atoms with Crippen LogP contribution in [0, 0.1) is 13.8 Å². The Hall–Kier alpha value is -3.15. The van der Waals surface area contributed by atoms with Crippen LogP contribution < -0.4 is 19.5 Å². The summed E-state index contributed by atoms with van der Waals surface area (Å²) >= 11 is 0. The second-order valence-electron chi connectivity index (χ2n) is 6.33. The lowest BCUT2D eigenvalue weighted by Crippen LogP contribution is -2.14. The monoisotopic (exact) mass is 369 g/mol. The smallest absolute Gasteiger partial charge is 0.228 e. The minimum absolute atomic E-state index is 0.162. The topological polar surface area (TPSA) is 69.9 Å². The van der Waals surface area contributed by atoms with Crippen LogP contribution in [-0.4, -0.2) is 27.2 Å². The lowest BCUT2D eigenvalue weighted by Gasteiger charge is -2.14. The van der Waals surface area contributed by atoms with E-state index in [0.717, 1.165) is 27.7 Å². The second-order valence-corrected chi connectivity index (χ2v) is 6.33. The molecule has 0 fully saturated rings. The van der Waals surface area contributed by atoms with Crippen molar-refractivity contribution < 1.29 is 23.4 Å². The van der Waals surface area contributed by atoms with Crippen LogP contribution in [-0.2, 0) is 11.2 Å². The summed E-state index contributed by atoms with van der Waals surface area (Å²) in [5, 5.41) is 3.83. The maximum absolute atomic E-state index is 12.6. The van der Waals surface area contributed by atoms with Gasteiger partial charge in [-0.2, -0.15) is 0 Å². The molecule has 0 unspecified atom stereocenters. The minimum atomic E-state index is -0.162. The number of aryl methyl sites for hydroxylation is 2. The first kappa shape index (κ1) is 18.6. The molecule has 3 rings (SSSR count). The molecule has 1 N–H and O–H groups in total. The van der Waals surface area contributed by atoms with Gasteiger partial charge >= 0.3 is 0 Å². The van der Waals surface area contributed by atoms with Gasteiger partial charge in [-0.25, -0.2) is 0 Å². The van der Waals surface area contributed by atoms with Gasteiger partial charge in [0, 0.05) is 28.8 Å². The number of carbonyl (C=O) groups excluding carboxylic acids is 1. The molecule has 1 heterocycles. The Kier molecular flexibility index (Phi) is 5.26. The van der Waals surface area contributed by atoms with Crippen molar-refractivity contribution in [2.45, 2.75) is 20.3 Å². The number of fused-ring (bicyclic) bond motifs is 1. The van der Waals surface area contributed by atoms with E-state index >= 15 is 0 Å². The van der Waals surface area contributed by atoms with Crippen molar-refractivity contribution in [3.05, 3.63) is 47.2 Å². The van der Waals surface area contributed by atoms with Gasteiger partial charge in [0.15, 0.2) is 11.5 Å². The number of furan rings is 1. The zero-order valence-electron chi connectivity index (χ0n) is 16.1. The molecule has 0 atom stereocenters. The molecule has 2 aromatic carbocycles. The van der Waals surface area contributed by atoms with Crippen molar-refractivity contribution in [1.29, 1.82) is 0 Å². The number of benzene rings is 2. The van der Waals surface area contributed by atoms with Crippen molar-refractivity contribution in [3.63, 3.8) is 0 Å². The molecule has 0 spiro atoms. The number of hydrogen-bond acceptors (Lipinski definition) is 5. The second kappa shape index (κ2) is 7.61. The Morgan fingerprint density at radius 3 is 2.19 bits per heavy atom. The fourth-order valence-corrected chi connectivity index (χ4v) is 3.00. The molecular weight excluding hydrogens is 346 g/mol. The summed E-state index contributed by atoms with van der Waals surface area (Å²) in [5.74, 6) is 1.27. The van der Waals surface area contributed by atoms with Gasteiger partial charge < -0.3 is 23.9 Å². The third kappa shape index (κ3) is 3.69. The van der Waals surface area contributed by atoms with Gasteiger partial charge in [0.1, 0.15) is 5.58 Å². The number of ether oxygens (including phenoxy) is 3. The first-order valence-electron chi connectivity index (χ1n) is 8.54. The van der Waals surface area contributed by atoms with E-state index in [1.165, 1.54) is 21.3 Å². The Balaban J connectivity index is 1.83. The van der Waals surface area contributed by atoms with Crippen LogP contribution in [0.1, 0.15) is 16.7 Å². The number of carbonyl (C=O) groups is 1. The standard InChI is InChI=1S/C21H23NO5/c1-12-6-16-14(11-27-17(16)7-13(12)2)8-20(23)22-15-9-18(24-3)21(26-5)19(10-15)25-4/h6-7,9-11H,8H2,1-5H3,(H,22,23). The average molecular weight is 369 g/mol. The predicted molar refractivity (Wildman–Crippen MR) is 104 cm³/mol. The summed E-state index contributed by atoms with van der Waals surface area (Å²) in [6, 6.07) is 7.43. The SMILES string of the molecule is COc1cc(NC(=O)Cc2coc3cc(C)c(C)cc23)cc(OC)c1OC. The quantitative estimate of drug-likeness (QED) is 0.703. The highest BCUT2D eigenvalue weighted by Crippen LogP contribution is 2.40. The first-order valence-corrected chi connectivity index (χ1v) is 8.54. The van der Waals surface area contributed by atoms with E-state index in [1.54, 1.807) is 18.4 Å². The minimum Gasteiger partial charge on any atom is -0.493 e. The van der Waals surface area contributed by atoms with Gasteiger partial charge in [0.2, 0.25) is 11.7 Å². The van der Waals surface area contributed by atoms with E-state index in [4.69, 9.17) is 18.6 Å². The van der Waals surface area contributed by atoms with Crippen LogP contribution >= 0.6 is 0 Å². The molecule has 1 amide bonds. The summed E-state index contributed by atoms with van der Waals surface area (Å²) in [4.78, 5) is 12.6. The molecule has 3 aromatic rings. The van der Waals surface area contributed by atoms with Crippen molar-refractivity contribution in [3.8, 4) is 17.2 Å². The van der Waals surface area contributed by atoms with Gasteiger partial charge in [-0.1, -0.05) is 0 Å². The van der Waals surface area contributed by atoms with Gasteiger partial charge in [0.05, 0.1) is 34.0 Å². The first-order chi connectivity index (χ1) is 13.0. The molecule has 27 heavy (non-hydrogen) atoms. The van der Waals surface area contributed by atoms with Crippen molar-refractivity contribution in [2.75, 3.05) is 26.6 Å². The van der Waals surface area contributed by atoms with Crippen molar-refractivity contribution in [1.82, 2.24) is 0 Å². The molecule has 0 aliphatic rings. The highest BCUT2D eigenvalue weighted by Gasteiger charge is 2.16. The molecular formula is C21H23NO5. The molecule has 142 valence electrons. The third-order valence-electron chi connectivity index (χ3n) is 4.57. The normalized spacial score (nSPS) is 10.7. The molecule has 0 aliphatic heterocycles. The molecule has 0 radical (unpaired) electrons. The molecule has 1 aromatic heterocycles. The van der Waals surface area contributed by atoms with Crippen LogP contribution in [0.5, 0.6) is 17.2 Å². The summed E-state index contributed by atoms with van der Waals surface area (Å²) in [6.07, 6.45) is 1.84. The van der Waals surface area contributed by atoms with Gasteiger partial charge in [-0.05, 0) is 37.1 Å². The van der Waals surface area contributed by atoms with Gasteiger partial charge in [-0.15, -0.1) is 0 Å². The van der Waals surface area contributed by atoms with E-state index in [0.29, 0.717) is 22.9 Å². The molecule has 6 nitrogen and oxygen atoms in total. The van der Waals surface area contributed by atoms with Crippen LogP contribution in [0.2, 0.25) is 0 Å².